The van der Waals surface area contributed by atoms with Crippen LogP contribution in [-0.4, -0.2) is 26.7 Å². The second kappa shape index (κ2) is 7.46. The first-order valence-electron chi connectivity index (χ1n) is 4.01. The Kier molecular flexibility index (Phi) is 7.34. The van der Waals surface area contributed by atoms with Crippen LogP contribution in [-0.2, 0) is 4.18 Å². The van der Waals surface area contributed by atoms with Gasteiger partial charge in [0.1, 0.15) is 0 Å². The minimum Gasteiger partial charge on any atom is -0.393 e. The van der Waals surface area contributed by atoms with E-state index in [0.717, 1.165) is 11.4 Å². The average Bonchev–Trinajstić information content (AvgIpc) is 2.01. The summed E-state index contributed by atoms with van der Waals surface area (Å²) in [6, 6.07) is 0.503. The smallest absolute Gasteiger partial charge is 0.0508 e. The van der Waals surface area contributed by atoms with Crippen LogP contribution in [0.15, 0.2) is 11.1 Å². The quantitative estimate of drug-likeness (QED) is 0.619. The van der Waals surface area contributed by atoms with Crippen molar-refractivity contribution in [2.75, 3.05) is 20.7 Å². The molecule has 72 valence electrons. The van der Waals surface area contributed by atoms with Crippen LogP contribution < -0.4 is 10.6 Å². The summed E-state index contributed by atoms with van der Waals surface area (Å²) in [5.74, 6) is 0. The van der Waals surface area contributed by atoms with Crippen LogP contribution in [0, 0.1) is 0 Å². The SMILES string of the molecule is CN/C=C(/CNC(C)C)SOC. The maximum atomic E-state index is 4.96. The molecular weight excluding hydrogens is 172 g/mol. The number of hydrogen-bond acceptors (Lipinski definition) is 4. The van der Waals surface area contributed by atoms with E-state index in [-0.39, 0.29) is 0 Å². The zero-order valence-electron chi connectivity index (χ0n) is 8.18. The molecule has 0 aromatic rings. The third-order valence-corrected chi connectivity index (χ3v) is 1.82. The van der Waals surface area contributed by atoms with Crippen molar-refractivity contribution >= 4 is 12.0 Å². The van der Waals surface area contributed by atoms with E-state index in [9.17, 15) is 0 Å². The Balaban J connectivity index is 3.71. The Morgan fingerprint density at radius 2 is 2.25 bits per heavy atom. The molecule has 0 aliphatic carbocycles. The second-order valence-electron chi connectivity index (χ2n) is 2.68. The minimum absolute atomic E-state index is 0.503. The highest BCUT2D eigenvalue weighted by molar-refractivity contribution is 7.98. The van der Waals surface area contributed by atoms with Crippen LogP contribution in [0.25, 0.3) is 0 Å². The van der Waals surface area contributed by atoms with Crippen molar-refractivity contribution in [3.05, 3.63) is 11.1 Å². The van der Waals surface area contributed by atoms with Gasteiger partial charge in [0.15, 0.2) is 0 Å². The monoisotopic (exact) mass is 190 g/mol. The molecule has 3 nitrogen and oxygen atoms in total. The summed E-state index contributed by atoms with van der Waals surface area (Å²) >= 11 is 1.38. The normalized spacial score (nSPS) is 12.2. The van der Waals surface area contributed by atoms with Crippen LogP contribution in [0.2, 0.25) is 0 Å². The topological polar surface area (TPSA) is 33.3 Å². The summed E-state index contributed by atoms with van der Waals surface area (Å²) in [7, 11) is 3.55. The first kappa shape index (κ1) is 11.8. The molecule has 0 radical (unpaired) electrons. The molecule has 0 bridgehead atoms. The van der Waals surface area contributed by atoms with Gasteiger partial charge in [-0.05, 0) is 0 Å². The van der Waals surface area contributed by atoms with Crippen LogP contribution >= 0.6 is 12.0 Å². The van der Waals surface area contributed by atoms with E-state index in [1.165, 1.54) is 12.0 Å². The highest BCUT2D eigenvalue weighted by Crippen LogP contribution is 2.13. The van der Waals surface area contributed by atoms with Gasteiger partial charge in [0, 0.05) is 42.8 Å². The summed E-state index contributed by atoms with van der Waals surface area (Å²) in [5.41, 5.74) is 0. The van der Waals surface area contributed by atoms with Gasteiger partial charge in [0.25, 0.3) is 0 Å². The van der Waals surface area contributed by atoms with Crippen molar-refractivity contribution < 1.29 is 4.18 Å². The third kappa shape index (κ3) is 6.52. The molecule has 0 unspecified atom stereocenters. The van der Waals surface area contributed by atoms with E-state index in [4.69, 9.17) is 4.18 Å². The summed E-state index contributed by atoms with van der Waals surface area (Å²) in [6.45, 7) is 5.08. The van der Waals surface area contributed by atoms with Crippen molar-refractivity contribution in [3.8, 4) is 0 Å². The molecule has 0 saturated heterocycles. The van der Waals surface area contributed by atoms with Gasteiger partial charge in [0.2, 0.25) is 0 Å². The highest BCUT2D eigenvalue weighted by atomic mass is 32.2. The van der Waals surface area contributed by atoms with E-state index >= 15 is 0 Å². The molecule has 0 atom stereocenters. The van der Waals surface area contributed by atoms with Gasteiger partial charge in [-0.2, -0.15) is 0 Å². The zero-order valence-corrected chi connectivity index (χ0v) is 8.99. The summed E-state index contributed by atoms with van der Waals surface area (Å²) in [6.07, 6.45) is 1.93. The molecule has 12 heavy (non-hydrogen) atoms. The fourth-order valence-corrected chi connectivity index (χ4v) is 1.20. The Hall–Kier alpha value is -0.190. The maximum absolute atomic E-state index is 4.96. The van der Waals surface area contributed by atoms with Gasteiger partial charge < -0.3 is 14.8 Å². The number of hydrogen-bond donors (Lipinski definition) is 2. The number of nitrogens with one attached hydrogen (secondary N) is 2. The van der Waals surface area contributed by atoms with Crippen molar-refractivity contribution in [3.63, 3.8) is 0 Å². The molecule has 2 N–H and O–H groups in total. The van der Waals surface area contributed by atoms with Gasteiger partial charge in [-0.3, -0.25) is 0 Å². The van der Waals surface area contributed by atoms with Crippen molar-refractivity contribution in [2.45, 2.75) is 19.9 Å². The summed E-state index contributed by atoms with van der Waals surface area (Å²) in [4.78, 5) is 1.15. The molecule has 0 aliphatic heterocycles. The Morgan fingerprint density at radius 3 is 2.67 bits per heavy atom. The van der Waals surface area contributed by atoms with Gasteiger partial charge in [-0.25, -0.2) is 0 Å². The van der Waals surface area contributed by atoms with Gasteiger partial charge in [0.05, 0.1) is 7.11 Å². The lowest BCUT2D eigenvalue weighted by Gasteiger charge is -2.09. The number of rotatable bonds is 6. The van der Waals surface area contributed by atoms with Crippen molar-refractivity contribution in [1.82, 2.24) is 10.6 Å². The minimum atomic E-state index is 0.503. The molecule has 0 amide bonds. The van der Waals surface area contributed by atoms with Crippen molar-refractivity contribution in [1.29, 1.82) is 0 Å². The van der Waals surface area contributed by atoms with E-state index in [0.29, 0.717) is 6.04 Å². The predicted octanol–water partition coefficient (Wildman–Crippen LogP) is 1.34. The summed E-state index contributed by atoms with van der Waals surface area (Å²) < 4.78 is 4.96. The third-order valence-electron chi connectivity index (χ3n) is 1.18. The lowest BCUT2D eigenvalue weighted by Crippen LogP contribution is -2.24. The maximum Gasteiger partial charge on any atom is 0.0508 e. The van der Waals surface area contributed by atoms with Crippen LogP contribution in [0.1, 0.15) is 13.8 Å². The van der Waals surface area contributed by atoms with Gasteiger partial charge in [-0.1, -0.05) is 13.8 Å². The fourth-order valence-electron chi connectivity index (χ4n) is 0.677. The molecule has 0 heterocycles. The molecule has 0 aliphatic rings. The second-order valence-corrected chi connectivity index (χ2v) is 3.71. The van der Waals surface area contributed by atoms with Crippen LogP contribution in [0.4, 0.5) is 0 Å². The molecule has 0 saturated carbocycles. The predicted molar refractivity (Wildman–Crippen MR) is 54.9 cm³/mol. The highest BCUT2D eigenvalue weighted by Gasteiger charge is 1.98. The molecular formula is C8H18N2OS. The Morgan fingerprint density at radius 1 is 1.58 bits per heavy atom. The Bertz CT molecular complexity index is 137. The van der Waals surface area contributed by atoms with Gasteiger partial charge in [-0.15, -0.1) is 0 Å². The Labute approximate surface area is 79.1 Å². The van der Waals surface area contributed by atoms with E-state index in [2.05, 4.69) is 24.5 Å². The molecule has 0 aromatic heterocycles. The molecule has 0 fully saturated rings. The van der Waals surface area contributed by atoms with Crippen LogP contribution in [0.5, 0.6) is 0 Å². The first-order chi connectivity index (χ1) is 5.70. The molecule has 0 aromatic carbocycles. The molecule has 4 heteroatoms. The molecule has 0 spiro atoms. The largest absolute Gasteiger partial charge is 0.393 e. The van der Waals surface area contributed by atoms with E-state index in [1.807, 2.05) is 13.2 Å². The van der Waals surface area contributed by atoms with E-state index < -0.39 is 0 Å². The average molecular weight is 190 g/mol. The standard InChI is InChI=1S/C8H18N2OS/c1-7(2)10-6-8(5-9-3)12-11-4/h5,7,9-10H,6H2,1-4H3/b8-5-. The van der Waals surface area contributed by atoms with Crippen molar-refractivity contribution in [2.24, 2.45) is 0 Å². The van der Waals surface area contributed by atoms with Gasteiger partial charge >= 0.3 is 0 Å². The fraction of sp³-hybridized carbons (Fsp3) is 0.750. The lowest BCUT2D eigenvalue weighted by molar-refractivity contribution is 0.491. The first-order valence-corrected chi connectivity index (χ1v) is 4.75. The van der Waals surface area contributed by atoms with Crippen LogP contribution in [0.3, 0.4) is 0 Å². The summed E-state index contributed by atoms with van der Waals surface area (Å²) in [5, 5.41) is 6.28. The molecule has 0 rings (SSSR count). The zero-order chi connectivity index (χ0) is 9.40. The lowest BCUT2D eigenvalue weighted by atomic mass is 10.4. The van der Waals surface area contributed by atoms with E-state index in [1.54, 1.807) is 7.11 Å².